The molecule has 0 unspecified atom stereocenters. The number of carbonyl (C=O) groups is 3. The molecule has 2 saturated heterocycles. The number of nitrogens with zero attached hydrogens (tertiary/aromatic N) is 4. The Kier molecular flexibility index (Phi) is 8.30. The molecule has 0 atom stereocenters. The molecule has 0 saturated carbocycles. The number of hydrogen-bond donors (Lipinski definition) is 0. The van der Waals surface area contributed by atoms with E-state index in [1.54, 1.807) is 9.80 Å². The van der Waals surface area contributed by atoms with Crippen LogP contribution in [0.1, 0.15) is 29.8 Å². The van der Waals surface area contributed by atoms with E-state index in [-0.39, 0.29) is 18.0 Å². The molecule has 0 spiro atoms. The first-order valence-electron chi connectivity index (χ1n) is 12.6. The standard InChI is InChI=1S/C27H34N4O5/c1-3-35-26(33)30-17-13-28(14-18-30)23-9-5-21(6-10-23)25(32)22-7-11-24(12-8-22)29-15-19-31(20-16-29)27(34)36-4-2/h5-12H,3-4,13-20H2,1-2H3. The van der Waals surface area contributed by atoms with Gasteiger partial charge in [0.2, 0.25) is 0 Å². The van der Waals surface area contributed by atoms with E-state index in [2.05, 4.69) is 9.80 Å². The molecule has 36 heavy (non-hydrogen) atoms. The van der Waals surface area contributed by atoms with Crippen LogP contribution in [-0.4, -0.2) is 93.3 Å². The van der Waals surface area contributed by atoms with Gasteiger partial charge in [-0.15, -0.1) is 0 Å². The number of hydrogen-bond acceptors (Lipinski definition) is 7. The maximum absolute atomic E-state index is 13.0. The van der Waals surface area contributed by atoms with Crippen molar-refractivity contribution in [3.63, 3.8) is 0 Å². The molecule has 192 valence electrons. The van der Waals surface area contributed by atoms with Gasteiger partial charge in [0.05, 0.1) is 13.2 Å². The summed E-state index contributed by atoms with van der Waals surface area (Å²) in [7, 11) is 0. The van der Waals surface area contributed by atoms with Gasteiger partial charge >= 0.3 is 12.2 Å². The van der Waals surface area contributed by atoms with Crippen molar-refractivity contribution in [2.45, 2.75) is 13.8 Å². The summed E-state index contributed by atoms with van der Waals surface area (Å²) in [5.74, 6) is -0.0210. The van der Waals surface area contributed by atoms with E-state index in [4.69, 9.17) is 9.47 Å². The minimum absolute atomic E-state index is 0.0210. The van der Waals surface area contributed by atoms with Gasteiger partial charge in [0.1, 0.15) is 0 Å². The highest BCUT2D eigenvalue weighted by Gasteiger charge is 2.23. The van der Waals surface area contributed by atoms with E-state index < -0.39 is 0 Å². The van der Waals surface area contributed by atoms with Crippen molar-refractivity contribution in [2.24, 2.45) is 0 Å². The molecule has 2 amide bonds. The minimum Gasteiger partial charge on any atom is -0.450 e. The van der Waals surface area contributed by atoms with Gasteiger partial charge < -0.3 is 29.1 Å². The quantitative estimate of drug-likeness (QED) is 0.569. The number of carbonyl (C=O) groups excluding carboxylic acids is 3. The Bertz CT molecular complexity index is 957. The third-order valence-electron chi connectivity index (χ3n) is 6.60. The summed E-state index contributed by atoms with van der Waals surface area (Å²) in [6, 6.07) is 15.3. The van der Waals surface area contributed by atoms with Crippen LogP contribution >= 0.6 is 0 Å². The fourth-order valence-corrected chi connectivity index (χ4v) is 4.54. The van der Waals surface area contributed by atoms with Crippen LogP contribution in [0, 0.1) is 0 Å². The van der Waals surface area contributed by atoms with Crippen molar-refractivity contribution in [1.82, 2.24) is 9.80 Å². The van der Waals surface area contributed by atoms with Crippen molar-refractivity contribution in [3.8, 4) is 0 Å². The summed E-state index contributed by atoms with van der Waals surface area (Å²) < 4.78 is 10.2. The molecule has 0 radical (unpaired) electrons. The van der Waals surface area contributed by atoms with Crippen LogP contribution in [0.15, 0.2) is 48.5 Å². The van der Waals surface area contributed by atoms with Crippen LogP contribution in [0.25, 0.3) is 0 Å². The lowest BCUT2D eigenvalue weighted by atomic mass is 10.0. The minimum atomic E-state index is -0.261. The second-order valence-electron chi connectivity index (χ2n) is 8.77. The molecule has 2 heterocycles. The number of anilines is 2. The zero-order valence-electron chi connectivity index (χ0n) is 21.0. The summed E-state index contributed by atoms with van der Waals surface area (Å²) in [4.78, 5) is 44.7. The fourth-order valence-electron chi connectivity index (χ4n) is 4.54. The molecule has 2 aromatic carbocycles. The number of benzene rings is 2. The zero-order chi connectivity index (χ0) is 25.5. The molecule has 0 aliphatic carbocycles. The molecule has 0 bridgehead atoms. The van der Waals surface area contributed by atoms with E-state index in [0.29, 0.717) is 50.5 Å². The Morgan fingerprint density at radius 2 is 0.917 bits per heavy atom. The predicted octanol–water partition coefficient (Wildman–Crippen LogP) is 3.47. The van der Waals surface area contributed by atoms with Crippen LogP contribution < -0.4 is 9.80 Å². The van der Waals surface area contributed by atoms with E-state index >= 15 is 0 Å². The average molecular weight is 495 g/mol. The van der Waals surface area contributed by atoms with Gasteiger partial charge in [-0.25, -0.2) is 9.59 Å². The van der Waals surface area contributed by atoms with Gasteiger partial charge in [-0.05, 0) is 62.4 Å². The molecule has 2 aliphatic heterocycles. The van der Waals surface area contributed by atoms with Gasteiger partial charge in [-0.3, -0.25) is 4.79 Å². The van der Waals surface area contributed by atoms with Crippen LogP contribution in [0.5, 0.6) is 0 Å². The Morgan fingerprint density at radius 3 is 1.22 bits per heavy atom. The lowest BCUT2D eigenvalue weighted by Crippen LogP contribution is -2.49. The molecule has 4 rings (SSSR count). The van der Waals surface area contributed by atoms with Crippen LogP contribution in [-0.2, 0) is 9.47 Å². The van der Waals surface area contributed by atoms with Gasteiger partial charge in [-0.2, -0.15) is 0 Å². The molecule has 0 aromatic heterocycles. The van der Waals surface area contributed by atoms with Gasteiger partial charge in [0.15, 0.2) is 5.78 Å². The third-order valence-corrected chi connectivity index (χ3v) is 6.60. The second kappa shape index (κ2) is 11.8. The highest BCUT2D eigenvalue weighted by molar-refractivity contribution is 6.09. The van der Waals surface area contributed by atoms with Gasteiger partial charge in [-0.1, -0.05) is 0 Å². The van der Waals surface area contributed by atoms with Crippen molar-refractivity contribution < 1.29 is 23.9 Å². The van der Waals surface area contributed by atoms with Crippen molar-refractivity contribution in [3.05, 3.63) is 59.7 Å². The molecule has 2 aromatic rings. The van der Waals surface area contributed by atoms with Gasteiger partial charge in [0.25, 0.3) is 0 Å². The van der Waals surface area contributed by atoms with Crippen LogP contribution in [0.2, 0.25) is 0 Å². The topological polar surface area (TPSA) is 82.6 Å². The van der Waals surface area contributed by atoms with Crippen LogP contribution in [0.3, 0.4) is 0 Å². The predicted molar refractivity (Wildman–Crippen MR) is 138 cm³/mol. The molecule has 2 aliphatic rings. The maximum atomic E-state index is 13.0. The maximum Gasteiger partial charge on any atom is 0.409 e. The lowest BCUT2D eigenvalue weighted by Gasteiger charge is -2.35. The van der Waals surface area contributed by atoms with E-state index in [9.17, 15) is 14.4 Å². The molecule has 0 N–H and O–H groups in total. The first-order valence-corrected chi connectivity index (χ1v) is 12.6. The molecular weight excluding hydrogens is 460 g/mol. The van der Waals surface area contributed by atoms with Crippen molar-refractivity contribution in [1.29, 1.82) is 0 Å². The van der Waals surface area contributed by atoms with Crippen LogP contribution in [0.4, 0.5) is 21.0 Å². The highest BCUT2D eigenvalue weighted by atomic mass is 16.6. The second-order valence-corrected chi connectivity index (χ2v) is 8.77. The number of ether oxygens (including phenoxy) is 2. The summed E-state index contributed by atoms with van der Waals surface area (Å²) in [5.41, 5.74) is 3.35. The zero-order valence-corrected chi connectivity index (χ0v) is 21.0. The SMILES string of the molecule is CCOC(=O)N1CCN(c2ccc(C(=O)c3ccc(N4CCN(C(=O)OCC)CC4)cc3)cc2)CC1. The molecule has 9 heteroatoms. The normalized spacial score (nSPS) is 16.1. The van der Waals surface area contributed by atoms with E-state index in [0.717, 1.165) is 37.6 Å². The summed E-state index contributed by atoms with van der Waals surface area (Å²) in [6.45, 7) is 9.73. The molecule has 2 fully saturated rings. The Morgan fingerprint density at radius 1 is 0.583 bits per heavy atom. The van der Waals surface area contributed by atoms with E-state index in [1.807, 2.05) is 62.4 Å². The lowest BCUT2D eigenvalue weighted by molar-refractivity contribution is 0.103. The van der Waals surface area contributed by atoms with Crippen molar-refractivity contribution in [2.75, 3.05) is 75.4 Å². The smallest absolute Gasteiger partial charge is 0.409 e. The molecule has 9 nitrogen and oxygen atoms in total. The number of piperazine rings is 2. The summed E-state index contributed by atoms with van der Waals surface area (Å²) in [5, 5.41) is 0. The monoisotopic (exact) mass is 494 g/mol. The number of rotatable bonds is 6. The van der Waals surface area contributed by atoms with Crippen molar-refractivity contribution >= 4 is 29.3 Å². The Balaban J connectivity index is 1.31. The largest absolute Gasteiger partial charge is 0.450 e. The number of ketones is 1. The first kappa shape index (κ1) is 25.3. The highest BCUT2D eigenvalue weighted by Crippen LogP contribution is 2.22. The summed E-state index contributed by atoms with van der Waals surface area (Å²) >= 11 is 0. The van der Waals surface area contributed by atoms with Gasteiger partial charge in [0, 0.05) is 74.9 Å². The fraction of sp³-hybridized carbons (Fsp3) is 0.444. The van der Waals surface area contributed by atoms with E-state index in [1.165, 1.54) is 0 Å². The average Bonchev–Trinajstić information content (AvgIpc) is 2.93. The Labute approximate surface area is 212 Å². The number of amides is 2. The first-order chi connectivity index (χ1) is 17.5. The molecular formula is C27H34N4O5. The Hall–Kier alpha value is -3.75. The third kappa shape index (κ3) is 5.90. The summed E-state index contributed by atoms with van der Waals surface area (Å²) in [6.07, 6.45) is -0.522.